The molecule has 1 rings (SSSR count). The monoisotopic (exact) mass is 197 g/mol. The summed E-state index contributed by atoms with van der Waals surface area (Å²) in [7, 11) is 3.19. The van der Waals surface area contributed by atoms with E-state index in [2.05, 4.69) is 9.72 Å². The Hall–Kier alpha value is -1.36. The number of aryl methyl sites for hydroxylation is 1. The molecule has 14 heavy (non-hydrogen) atoms. The smallest absolute Gasteiger partial charge is 0.307 e. The number of imidazole rings is 1. The van der Waals surface area contributed by atoms with Crippen LogP contribution in [0.5, 0.6) is 0 Å². The highest BCUT2D eigenvalue weighted by atomic mass is 16.5. The van der Waals surface area contributed by atoms with Crippen LogP contribution in [0.15, 0.2) is 12.5 Å². The van der Waals surface area contributed by atoms with Crippen LogP contribution in [-0.2, 0) is 22.1 Å². The van der Waals surface area contributed by atoms with Crippen LogP contribution >= 0.6 is 0 Å². The summed E-state index contributed by atoms with van der Waals surface area (Å²) in [5.41, 5.74) is 6.07. The molecule has 0 bridgehead atoms. The zero-order valence-electron chi connectivity index (χ0n) is 8.65. The second-order valence-corrected chi connectivity index (χ2v) is 3.56. The summed E-state index contributed by atoms with van der Waals surface area (Å²) in [6.07, 6.45) is 3.45. The molecule has 5 nitrogen and oxygen atoms in total. The lowest BCUT2D eigenvalue weighted by atomic mass is 9.95. The van der Waals surface area contributed by atoms with Crippen LogP contribution in [-0.4, -0.2) is 22.6 Å². The van der Waals surface area contributed by atoms with E-state index in [1.54, 1.807) is 24.0 Å². The number of rotatable bonds is 3. The standard InChI is InChI=1S/C9H15N3O2/c1-9(10,4-8(13)14-3)7-5-11-6-12(7)2/h5-6H,4,10H2,1-3H3. The van der Waals surface area contributed by atoms with Gasteiger partial charge in [-0.15, -0.1) is 0 Å². The lowest BCUT2D eigenvalue weighted by Gasteiger charge is -2.23. The Bertz CT molecular complexity index is 331. The maximum absolute atomic E-state index is 11.1. The van der Waals surface area contributed by atoms with Crippen molar-refractivity contribution in [2.24, 2.45) is 12.8 Å². The van der Waals surface area contributed by atoms with Gasteiger partial charge in [0.1, 0.15) is 0 Å². The highest BCUT2D eigenvalue weighted by Crippen LogP contribution is 2.20. The number of ether oxygens (including phenoxy) is 1. The molecule has 2 N–H and O–H groups in total. The lowest BCUT2D eigenvalue weighted by molar-refractivity contribution is -0.142. The van der Waals surface area contributed by atoms with Gasteiger partial charge in [0.05, 0.1) is 31.1 Å². The van der Waals surface area contributed by atoms with Crippen LogP contribution in [0.2, 0.25) is 0 Å². The van der Waals surface area contributed by atoms with E-state index in [1.165, 1.54) is 7.11 Å². The number of hydrogen-bond acceptors (Lipinski definition) is 4. The first-order chi connectivity index (χ1) is 6.47. The second kappa shape index (κ2) is 3.79. The quantitative estimate of drug-likeness (QED) is 0.700. The van der Waals surface area contributed by atoms with Crippen molar-refractivity contribution in [1.82, 2.24) is 9.55 Å². The molecule has 78 valence electrons. The molecular formula is C9H15N3O2. The largest absolute Gasteiger partial charge is 0.469 e. The number of esters is 1. The Kier molecular flexibility index (Phi) is 2.90. The number of aromatic nitrogens is 2. The molecule has 0 aliphatic heterocycles. The van der Waals surface area contributed by atoms with Gasteiger partial charge in [-0.25, -0.2) is 4.98 Å². The molecule has 1 heterocycles. The third-order valence-corrected chi connectivity index (χ3v) is 2.14. The fourth-order valence-electron chi connectivity index (χ4n) is 1.37. The van der Waals surface area contributed by atoms with E-state index in [-0.39, 0.29) is 12.4 Å². The molecule has 0 aromatic carbocycles. The highest BCUT2D eigenvalue weighted by molar-refractivity contribution is 5.70. The fraction of sp³-hybridized carbons (Fsp3) is 0.556. The summed E-state index contributed by atoms with van der Waals surface area (Å²) < 4.78 is 6.37. The van der Waals surface area contributed by atoms with Gasteiger partial charge >= 0.3 is 5.97 Å². The molecule has 5 heteroatoms. The molecule has 0 saturated carbocycles. The molecule has 0 aliphatic carbocycles. The van der Waals surface area contributed by atoms with Crippen molar-refractivity contribution in [3.63, 3.8) is 0 Å². The minimum absolute atomic E-state index is 0.142. The topological polar surface area (TPSA) is 70.1 Å². The van der Waals surface area contributed by atoms with Crippen molar-refractivity contribution in [3.8, 4) is 0 Å². The van der Waals surface area contributed by atoms with Crippen molar-refractivity contribution in [1.29, 1.82) is 0 Å². The lowest BCUT2D eigenvalue weighted by Crippen LogP contribution is -2.37. The molecule has 0 amide bonds. The van der Waals surface area contributed by atoms with E-state index < -0.39 is 5.54 Å². The van der Waals surface area contributed by atoms with Crippen molar-refractivity contribution >= 4 is 5.97 Å². The first-order valence-corrected chi connectivity index (χ1v) is 4.30. The van der Waals surface area contributed by atoms with Crippen LogP contribution in [0.3, 0.4) is 0 Å². The molecule has 0 spiro atoms. The summed E-state index contributed by atoms with van der Waals surface area (Å²) in [5.74, 6) is -0.323. The summed E-state index contributed by atoms with van der Waals surface area (Å²) in [6.45, 7) is 1.78. The minimum Gasteiger partial charge on any atom is -0.469 e. The first-order valence-electron chi connectivity index (χ1n) is 4.30. The van der Waals surface area contributed by atoms with E-state index in [4.69, 9.17) is 5.73 Å². The maximum Gasteiger partial charge on any atom is 0.307 e. The number of hydrogen-bond donors (Lipinski definition) is 1. The molecule has 0 saturated heterocycles. The Morgan fingerprint density at radius 1 is 1.79 bits per heavy atom. The van der Waals surface area contributed by atoms with E-state index in [1.807, 2.05) is 7.05 Å². The third-order valence-electron chi connectivity index (χ3n) is 2.14. The molecular weight excluding hydrogens is 182 g/mol. The molecule has 1 aromatic heterocycles. The van der Waals surface area contributed by atoms with Crippen LogP contribution in [0, 0.1) is 0 Å². The molecule has 1 unspecified atom stereocenters. The average Bonchev–Trinajstić information content (AvgIpc) is 2.51. The molecule has 0 aliphatic rings. The van der Waals surface area contributed by atoms with Crippen molar-refractivity contribution in [2.45, 2.75) is 18.9 Å². The van der Waals surface area contributed by atoms with Gasteiger partial charge in [0.25, 0.3) is 0 Å². The van der Waals surface area contributed by atoms with Gasteiger partial charge in [0.15, 0.2) is 0 Å². The van der Waals surface area contributed by atoms with Crippen LogP contribution in [0.25, 0.3) is 0 Å². The van der Waals surface area contributed by atoms with Crippen molar-refractivity contribution in [2.75, 3.05) is 7.11 Å². The number of methoxy groups -OCH3 is 1. The maximum atomic E-state index is 11.1. The highest BCUT2D eigenvalue weighted by Gasteiger charge is 2.27. The average molecular weight is 197 g/mol. The predicted octanol–water partition coefficient (Wildman–Crippen LogP) is 0.157. The Morgan fingerprint density at radius 2 is 2.43 bits per heavy atom. The van der Waals surface area contributed by atoms with Crippen molar-refractivity contribution in [3.05, 3.63) is 18.2 Å². The van der Waals surface area contributed by atoms with Gasteiger partial charge in [-0.2, -0.15) is 0 Å². The van der Waals surface area contributed by atoms with Gasteiger partial charge in [-0.3, -0.25) is 4.79 Å². The molecule has 0 radical (unpaired) electrons. The van der Waals surface area contributed by atoms with Gasteiger partial charge < -0.3 is 15.0 Å². The van der Waals surface area contributed by atoms with E-state index in [0.717, 1.165) is 5.69 Å². The Morgan fingerprint density at radius 3 is 2.86 bits per heavy atom. The van der Waals surface area contributed by atoms with E-state index in [0.29, 0.717) is 0 Å². The van der Waals surface area contributed by atoms with Crippen molar-refractivity contribution < 1.29 is 9.53 Å². The van der Waals surface area contributed by atoms with Gasteiger partial charge in [0.2, 0.25) is 0 Å². The molecule has 0 fully saturated rings. The van der Waals surface area contributed by atoms with Gasteiger partial charge in [-0.1, -0.05) is 0 Å². The fourth-order valence-corrected chi connectivity index (χ4v) is 1.37. The molecule has 1 aromatic rings. The second-order valence-electron chi connectivity index (χ2n) is 3.56. The minimum atomic E-state index is -0.738. The first kappa shape index (κ1) is 10.7. The van der Waals surface area contributed by atoms with Crippen LogP contribution in [0.4, 0.5) is 0 Å². The Labute approximate surface area is 82.9 Å². The summed E-state index contributed by atoms with van der Waals surface area (Å²) in [6, 6.07) is 0. The van der Waals surface area contributed by atoms with Gasteiger partial charge in [-0.05, 0) is 6.92 Å². The van der Waals surface area contributed by atoms with Crippen LogP contribution < -0.4 is 5.73 Å². The predicted molar refractivity (Wildman–Crippen MR) is 51.4 cm³/mol. The third kappa shape index (κ3) is 2.11. The van der Waals surface area contributed by atoms with E-state index >= 15 is 0 Å². The van der Waals surface area contributed by atoms with Gasteiger partial charge in [0, 0.05) is 13.2 Å². The number of nitrogens with two attached hydrogens (primary N) is 1. The molecule has 1 atom stereocenters. The zero-order chi connectivity index (χ0) is 10.8. The summed E-state index contributed by atoms with van der Waals surface area (Å²) >= 11 is 0. The zero-order valence-corrected chi connectivity index (χ0v) is 8.65. The Balaban J connectivity index is 2.85. The normalized spacial score (nSPS) is 14.9. The van der Waals surface area contributed by atoms with E-state index in [9.17, 15) is 4.79 Å². The SMILES string of the molecule is COC(=O)CC(C)(N)c1cncn1C. The van der Waals surface area contributed by atoms with Crippen LogP contribution in [0.1, 0.15) is 19.0 Å². The number of carbonyl (C=O) groups excluding carboxylic acids is 1. The number of nitrogens with zero attached hydrogens (tertiary/aromatic N) is 2. The summed E-state index contributed by atoms with van der Waals surface area (Å²) in [4.78, 5) is 15.1. The summed E-state index contributed by atoms with van der Waals surface area (Å²) in [5, 5.41) is 0. The number of carbonyl (C=O) groups is 1.